The van der Waals surface area contributed by atoms with Crippen molar-refractivity contribution in [1.82, 2.24) is 4.98 Å². The fourth-order valence-corrected chi connectivity index (χ4v) is 11.4. The topological polar surface area (TPSA) is 51.5 Å². The second-order valence-corrected chi connectivity index (χ2v) is 26.4. The number of aliphatic imine (C=N–C) groups is 1. The van der Waals surface area contributed by atoms with E-state index in [9.17, 15) is 0 Å². The number of pyridine rings is 1. The summed E-state index contributed by atoms with van der Waals surface area (Å²) in [5.41, 5.74) is 12.2. The van der Waals surface area contributed by atoms with Gasteiger partial charge in [0, 0.05) is 47.7 Å². The minimum Gasteiger partial charge on any atom is -0.501 e. The van der Waals surface area contributed by atoms with Crippen molar-refractivity contribution in [2.24, 2.45) is 10.9 Å². The Kier molecular flexibility index (Phi) is 10.4. The van der Waals surface area contributed by atoms with E-state index in [0.29, 0.717) is 5.92 Å². The van der Waals surface area contributed by atoms with Crippen molar-refractivity contribution in [3.63, 3.8) is 0 Å². The number of rotatable bonds is 6. The number of para-hydroxylation sites is 4. The molecule has 1 atom stereocenters. The van der Waals surface area contributed by atoms with Crippen molar-refractivity contribution in [1.29, 1.82) is 0 Å². The molecule has 3 aromatic heterocycles. The Morgan fingerprint density at radius 2 is 1.30 bits per heavy atom. The molecule has 9 aromatic rings. The van der Waals surface area contributed by atoms with Gasteiger partial charge >= 0.3 is 126 Å². The summed E-state index contributed by atoms with van der Waals surface area (Å²) in [5, 5.41) is 4.42. The summed E-state index contributed by atoms with van der Waals surface area (Å²) in [6.07, 6.45) is 3.27. The molecule has 4 nitrogen and oxygen atoms in total. The third-order valence-electron chi connectivity index (χ3n) is 10.5. The van der Waals surface area contributed by atoms with Gasteiger partial charge in [-0.15, -0.1) is 18.2 Å². The Bertz CT molecular complexity index is 2880. The van der Waals surface area contributed by atoms with Crippen LogP contribution in [0.5, 0.6) is 0 Å². The Balaban J connectivity index is 0.000000181. The molecule has 1 unspecified atom stereocenters. The summed E-state index contributed by atoms with van der Waals surface area (Å²) in [6.45, 7) is 4.57. The van der Waals surface area contributed by atoms with E-state index in [1.54, 1.807) is 4.40 Å². The zero-order valence-electron chi connectivity index (χ0n) is 32.2. The number of benzene rings is 6. The Labute approximate surface area is 344 Å². The maximum atomic E-state index is 6.44. The van der Waals surface area contributed by atoms with Crippen LogP contribution in [0.4, 0.5) is 5.69 Å². The van der Waals surface area contributed by atoms with Crippen LogP contribution in [0.2, 0.25) is 17.3 Å². The Morgan fingerprint density at radius 3 is 2.02 bits per heavy atom. The van der Waals surface area contributed by atoms with Gasteiger partial charge in [-0.2, -0.15) is 0 Å². The van der Waals surface area contributed by atoms with Crippen LogP contribution in [0.25, 0.3) is 55.1 Å². The third-order valence-corrected chi connectivity index (χ3v) is 14.8. The van der Waals surface area contributed by atoms with Gasteiger partial charge in [-0.25, -0.2) is 0 Å². The second kappa shape index (κ2) is 15.5. The number of hydrogen-bond acceptors (Lipinski definition) is 4. The van der Waals surface area contributed by atoms with Gasteiger partial charge in [0.2, 0.25) is 0 Å². The van der Waals surface area contributed by atoms with E-state index < -0.39 is 13.3 Å². The molecule has 10 rings (SSSR count). The molecule has 1 aliphatic rings. The van der Waals surface area contributed by atoms with E-state index in [4.69, 9.17) is 18.8 Å². The van der Waals surface area contributed by atoms with Gasteiger partial charge in [-0.05, 0) is 29.5 Å². The number of fused-ring (bicyclic) bond motifs is 7. The van der Waals surface area contributed by atoms with Crippen LogP contribution >= 0.6 is 0 Å². The first-order chi connectivity index (χ1) is 26.7. The van der Waals surface area contributed by atoms with Gasteiger partial charge in [0.05, 0.1) is 11.3 Å². The molecule has 0 fully saturated rings. The minimum absolute atomic E-state index is 0. The molecule has 0 aliphatic carbocycles. The molecule has 0 amide bonds. The van der Waals surface area contributed by atoms with E-state index in [2.05, 4.69) is 122 Å². The molecular formula is C50H42GeIrN2O2-2. The van der Waals surface area contributed by atoms with Crippen molar-refractivity contribution < 1.29 is 28.9 Å². The van der Waals surface area contributed by atoms with Gasteiger partial charge in [-0.3, -0.25) is 4.99 Å². The average molecular weight is 968 g/mol. The SMILES string of the molecule is CC(C)Cc1cc(-c2[c-]cccc2)nc[c]1[Ge]([CH3])([CH3])[CH3].[Ir].[c-]1ccc2c(oc3ccccc32)c1C1=Nc2ccccc2C1c1cccc2c1oc1ccccc12. The quantitative estimate of drug-likeness (QED) is 0.123. The van der Waals surface area contributed by atoms with Crippen LogP contribution in [-0.2, 0) is 26.5 Å². The standard InChI is InChI=1S/C32H18NO2.C18H24GeN.Ir/c1-4-16-26-23(11-1)29(24-14-7-12-21-19-9-2-5-17-27(19)34-31(21)24)30(33-26)25-15-8-13-22-20-10-3-6-18-28(20)35-32(22)25;1-14(2)11-16-12-18(15-9-7-6-8-10-15)20-13-17(16)19(3,4)5;/h1-14,16-18,29H;6-9,12-14H,11H2,1-5H3;/q2*-1;. The number of nitrogens with zero attached hydrogens (tertiary/aromatic N) is 2. The summed E-state index contributed by atoms with van der Waals surface area (Å²) in [5.74, 6) is 7.90. The Hall–Kier alpha value is -5.07. The molecule has 1 radical (unpaired) electrons. The van der Waals surface area contributed by atoms with Gasteiger partial charge in [0.25, 0.3) is 0 Å². The molecule has 0 N–H and O–H groups in total. The van der Waals surface area contributed by atoms with E-state index in [1.807, 2.05) is 60.7 Å². The fourth-order valence-electron chi connectivity index (χ4n) is 8.05. The van der Waals surface area contributed by atoms with Crippen molar-refractivity contribution >= 4 is 72.9 Å². The molecule has 6 heteroatoms. The predicted molar refractivity (Wildman–Crippen MR) is 231 cm³/mol. The van der Waals surface area contributed by atoms with E-state index >= 15 is 0 Å². The monoisotopic (exact) mass is 969 g/mol. The van der Waals surface area contributed by atoms with Gasteiger partial charge < -0.3 is 8.83 Å². The molecule has 0 saturated heterocycles. The number of hydrogen-bond donors (Lipinski definition) is 0. The third kappa shape index (κ3) is 6.98. The molecular weight excluding hydrogens is 925 g/mol. The first kappa shape index (κ1) is 37.8. The number of aromatic nitrogens is 1. The van der Waals surface area contributed by atoms with E-state index in [1.165, 1.54) is 5.56 Å². The minimum atomic E-state index is -1.86. The molecule has 0 bridgehead atoms. The van der Waals surface area contributed by atoms with Crippen LogP contribution < -0.4 is 4.40 Å². The zero-order valence-corrected chi connectivity index (χ0v) is 36.7. The van der Waals surface area contributed by atoms with Crippen LogP contribution in [0.3, 0.4) is 0 Å². The van der Waals surface area contributed by atoms with Gasteiger partial charge in [-0.1, -0.05) is 83.7 Å². The summed E-state index contributed by atoms with van der Waals surface area (Å²) in [7, 11) is 0. The average Bonchev–Trinajstić information content (AvgIpc) is 3.89. The number of furan rings is 2. The van der Waals surface area contributed by atoms with Crippen molar-refractivity contribution in [2.75, 3.05) is 0 Å². The van der Waals surface area contributed by atoms with Crippen LogP contribution in [0.15, 0.2) is 153 Å². The van der Waals surface area contributed by atoms with E-state index in [-0.39, 0.29) is 26.0 Å². The van der Waals surface area contributed by atoms with Crippen LogP contribution in [0.1, 0.15) is 42.0 Å². The zero-order chi connectivity index (χ0) is 37.7. The first-order valence-electron chi connectivity index (χ1n) is 19.1. The maximum absolute atomic E-state index is 6.44. The summed E-state index contributed by atoms with van der Waals surface area (Å²) in [4.78, 5) is 9.84. The van der Waals surface area contributed by atoms with Crippen LogP contribution in [0, 0.1) is 18.1 Å². The fraction of sp³-hybridized carbons (Fsp3) is 0.160. The molecule has 0 saturated carbocycles. The van der Waals surface area contributed by atoms with Crippen molar-refractivity contribution in [3.8, 4) is 11.3 Å². The molecule has 4 heterocycles. The summed E-state index contributed by atoms with van der Waals surface area (Å²) in [6, 6.07) is 52.3. The smallest absolute Gasteiger partial charge is 0.138 e. The van der Waals surface area contributed by atoms with Crippen molar-refractivity contribution in [2.45, 2.75) is 43.5 Å². The molecule has 56 heavy (non-hydrogen) atoms. The second-order valence-electron chi connectivity index (χ2n) is 15.9. The predicted octanol–water partition coefficient (Wildman–Crippen LogP) is 12.8. The summed E-state index contributed by atoms with van der Waals surface area (Å²) < 4.78 is 14.4. The largest absolute Gasteiger partial charge is 0.501 e. The maximum Gasteiger partial charge on any atom is 0.138 e. The molecule has 0 spiro atoms. The van der Waals surface area contributed by atoms with E-state index in [0.717, 1.165) is 89.6 Å². The Morgan fingerprint density at radius 1 is 0.661 bits per heavy atom. The molecule has 6 aromatic carbocycles. The summed E-state index contributed by atoms with van der Waals surface area (Å²) >= 11 is -1.86. The molecule has 279 valence electrons. The molecule has 1 aliphatic heterocycles. The van der Waals surface area contributed by atoms with Crippen LogP contribution in [-0.4, -0.2) is 24.0 Å². The van der Waals surface area contributed by atoms with Gasteiger partial charge in [0.15, 0.2) is 0 Å². The first-order valence-corrected chi connectivity index (χ1v) is 26.5. The van der Waals surface area contributed by atoms with Gasteiger partial charge in [0.1, 0.15) is 16.7 Å². The van der Waals surface area contributed by atoms with Crippen molar-refractivity contribution in [3.05, 3.63) is 174 Å². The normalized spacial score (nSPS) is 13.8.